The Hall–Kier alpha value is -2.27. The summed E-state index contributed by atoms with van der Waals surface area (Å²) in [5.74, 6) is -0.160. The van der Waals surface area contributed by atoms with Gasteiger partial charge in [0, 0.05) is 11.9 Å². The van der Waals surface area contributed by atoms with Crippen LogP contribution in [0.5, 0.6) is 0 Å². The summed E-state index contributed by atoms with van der Waals surface area (Å²) in [6.45, 7) is 12.3. The fraction of sp³-hybridized carbons (Fsp3) is 0.542. The zero-order chi connectivity index (χ0) is 21.8. The molecule has 0 radical (unpaired) electrons. The Labute approximate surface area is 174 Å². The van der Waals surface area contributed by atoms with E-state index in [1.165, 1.54) is 0 Å². The van der Waals surface area contributed by atoms with Gasteiger partial charge in [-0.05, 0) is 61.3 Å². The molecule has 2 rings (SSSR count). The Balaban J connectivity index is 2.34. The molecule has 0 aliphatic carbocycles. The van der Waals surface area contributed by atoms with Crippen molar-refractivity contribution in [2.75, 3.05) is 0 Å². The molecule has 0 aliphatic rings. The highest BCUT2D eigenvalue weighted by Gasteiger charge is 2.34. The van der Waals surface area contributed by atoms with Crippen LogP contribution in [0, 0.1) is 12.3 Å². The van der Waals surface area contributed by atoms with E-state index in [0.717, 1.165) is 41.9 Å². The molecule has 0 aliphatic heterocycles. The standard InChI is InChI=1S/C24H34N2O3/c1-7-24(8-2,19-12-9-17(10-13-19)21(28)29)22-25-15-18(16(3)26-22)11-14-20(27)23(4,5)6/h9-10,12-13,15,20,27H,7-8,11,14H2,1-6H3,(H,28,29). The summed E-state index contributed by atoms with van der Waals surface area (Å²) in [4.78, 5) is 20.8. The number of nitrogens with zero attached hydrogens (tertiary/aromatic N) is 2. The molecule has 2 aromatic rings. The van der Waals surface area contributed by atoms with Crippen molar-refractivity contribution in [3.8, 4) is 0 Å². The molecule has 0 spiro atoms. The van der Waals surface area contributed by atoms with Crippen molar-refractivity contribution < 1.29 is 15.0 Å². The van der Waals surface area contributed by atoms with Gasteiger partial charge in [0.25, 0.3) is 0 Å². The number of aromatic nitrogens is 2. The number of carbonyl (C=O) groups is 1. The van der Waals surface area contributed by atoms with Crippen LogP contribution in [-0.2, 0) is 11.8 Å². The molecule has 158 valence electrons. The highest BCUT2D eigenvalue weighted by molar-refractivity contribution is 5.87. The molecule has 1 aromatic carbocycles. The monoisotopic (exact) mass is 398 g/mol. The number of aryl methyl sites for hydroxylation is 2. The van der Waals surface area contributed by atoms with Crippen LogP contribution in [0.1, 0.15) is 86.9 Å². The number of aromatic carboxylic acids is 1. The first-order valence-electron chi connectivity index (χ1n) is 10.4. The maximum absolute atomic E-state index is 11.2. The van der Waals surface area contributed by atoms with Crippen molar-refractivity contribution in [3.05, 3.63) is 58.7 Å². The minimum Gasteiger partial charge on any atom is -0.478 e. The molecule has 1 aromatic heterocycles. The lowest BCUT2D eigenvalue weighted by Crippen LogP contribution is -2.29. The lowest BCUT2D eigenvalue weighted by Gasteiger charge is -2.31. The Kier molecular flexibility index (Phi) is 7.17. The number of aliphatic hydroxyl groups is 1. The van der Waals surface area contributed by atoms with Gasteiger partial charge in [0.1, 0.15) is 5.82 Å². The first kappa shape index (κ1) is 23.0. The molecule has 0 saturated heterocycles. The van der Waals surface area contributed by atoms with Gasteiger partial charge in [-0.25, -0.2) is 14.8 Å². The van der Waals surface area contributed by atoms with E-state index in [4.69, 9.17) is 9.97 Å². The Morgan fingerprint density at radius 2 is 1.69 bits per heavy atom. The van der Waals surface area contributed by atoms with Gasteiger partial charge in [-0.1, -0.05) is 46.8 Å². The van der Waals surface area contributed by atoms with E-state index >= 15 is 0 Å². The molecule has 0 amide bonds. The highest BCUT2D eigenvalue weighted by Crippen LogP contribution is 2.37. The summed E-state index contributed by atoms with van der Waals surface area (Å²) < 4.78 is 0. The van der Waals surface area contributed by atoms with Gasteiger partial charge in [0.2, 0.25) is 0 Å². The zero-order valence-electron chi connectivity index (χ0n) is 18.5. The maximum atomic E-state index is 11.2. The maximum Gasteiger partial charge on any atom is 0.335 e. The molecule has 1 atom stereocenters. The first-order valence-corrected chi connectivity index (χ1v) is 10.4. The smallest absolute Gasteiger partial charge is 0.335 e. The van der Waals surface area contributed by atoms with Crippen molar-refractivity contribution in [3.63, 3.8) is 0 Å². The van der Waals surface area contributed by atoms with E-state index in [1.807, 2.05) is 46.0 Å². The van der Waals surface area contributed by atoms with E-state index in [-0.39, 0.29) is 22.5 Å². The van der Waals surface area contributed by atoms with Crippen molar-refractivity contribution in [2.24, 2.45) is 5.41 Å². The van der Waals surface area contributed by atoms with E-state index in [1.54, 1.807) is 12.1 Å². The van der Waals surface area contributed by atoms with E-state index < -0.39 is 5.97 Å². The van der Waals surface area contributed by atoms with Gasteiger partial charge in [0.05, 0.1) is 17.1 Å². The molecular formula is C24H34N2O3. The summed E-state index contributed by atoms with van der Waals surface area (Å²) in [6.07, 6.45) is 4.56. The summed E-state index contributed by atoms with van der Waals surface area (Å²) in [7, 11) is 0. The van der Waals surface area contributed by atoms with Crippen LogP contribution in [-0.4, -0.2) is 32.3 Å². The van der Waals surface area contributed by atoms with Crippen LogP contribution in [0.15, 0.2) is 30.5 Å². The van der Waals surface area contributed by atoms with Crippen LogP contribution in [0.3, 0.4) is 0 Å². The third kappa shape index (κ3) is 5.02. The minimum absolute atomic E-state index is 0.142. The van der Waals surface area contributed by atoms with E-state index in [0.29, 0.717) is 6.42 Å². The predicted octanol–water partition coefficient (Wildman–Crippen LogP) is 4.93. The largest absolute Gasteiger partial charge is 0.478 e. The number of hydrogen-bond donors (Lipinski definition) is 2. The number of aliphatic hydroxyl groups excluding tert-OH is 1. The second-order valence-electron chi connectivity index (χ2n) is 8.90. The van der Waals surface area contributed by atoms with E-state index in [2.05, 4.69) is 13.8 Å². The Bertz CT molecular complexity index is 834. The lowest BCUT2D eigenvalue weighted by molar-refractivity contribution is 0.0559. The molecule has 1 heterocycles. The van der Waals surface area contributed by atoms with Crippen LogP contribution >= 0.6 is 0 Å². The third-order valence-corrected chi connectivity index (χ3v) is 6.09. The molecule has 5 nitrogen and oxygen atoms in total. The van der Waals surface area contributed by atoms with Crippen LogP contribution in [0.25, 0.3) is 0 Å². The normalized spacial score (nSPS) is 13.3. The number of benzene rings is 1. The van der Waals surface area contributed by atoms with Crippen LogP contribution < -0.4 is 0 Å². The fourth-order valence-corrected chi connectivity index (χ4v) is 3.73. The molecule has 0 bridgehead atoms. The van der Waals surface area contributed by atoms with Gasteiger partial charge in [-0.2, -0.15) is 0 Å². The van der Waals surface area contributed by atoms with E-state index in [9.17, 15) is 15.0 Å². The zero-order valence-corrected chi connectivity index (χ0v) is 18.5. The molecule has 0 saturated carbocycles. The Morgan fingerprint density at radius 1 is 1.10 bits per heavy atom. The summed E-state index contributed by atoms with van der Waals surface area (Å²) in [5, 5.41) is 19.5. The van der Waals surface area contributed by atoms with Gasteiger partial charge < -0.3 is 10.2 Å². The second-order valence-corrected chi connectivity index (χ2v) is 8.90. The molecule has 29 heavy (non-hydrogen) atoms. The highest BCUT2D eigenvalue weighted by atomic mass is 16.4. The predicted molar refractivity (Wildman–Crippen MR) is 115 cm³/mol. The number of carboxylic acid groups (broad SMARTS) is 1. The van der Waals surface area contributed by atoms with Gasteiger partial charge >= 0.3 is 5.97 Å². The average molecular weight is 399 g/mol. The van der Waals surface area contributed by atoms with Crippen molar-refractivity contribution >= 4 is 5.97 Å². The van der Waals surface area contributed by atoms with Crippen molar-refractivity contribution in [1.82, 2.24) is 9.97 Å². The fourth-order valence-electron chi connectivity index (χ4n) is 3.73. The third-order valence-electron chi connectivity index (χ3n) is 6.09. The number of hydrogen-bond acceptors (Lipinski definition) is 4. The van der Waals surface area contributed by atoms with Gasteiger partial charge in [-0.3, -0.25) is 0 Å². The van der Waals surface area contributed by atoms with Crippen molar-refractivity contribution in [1.29, 1.82) is 0 Å². The summed E-state index contributed by atoms with van der Waals surface area (Å²) >= 11 is 0. The van der Waals surface area contributed by atoms with Crippen molar-refractivity contribution in [2.45, 2.75) is 78.7 Å². The summed E-state index contributed by atoms with van der Waals surface area (Å²) in [6, 6.07) is 7.05. The van der Waals surface area contributed by atoms with Crippen LogP contribution in [0.2, 0.25) is 0 Å². The number of rotatable bonds is 8. The molecule has 0 fully saturated rings. The first-order chi connectivity index (χ1) is 13.5. The van der Waals surface area contributed by atoms with Gasteiger partial charge in [0.15, 0.2) is 0 Å². The second kappa shape index (κ2) is 9.04. The molecule has 5 heteroatoms. The SMILES string of the molecule is CCC(CC)(c1ccc(C(=O)O)cc1)c1ncc(CCC(O)C(C)(C)C)c(C)n1. The van der Waals surface area contributed by atoms with Gasteiger partial charge in [-0.15, -0.1) is 0 Å². The molecule has 1 unspecified atom stereocenters. The van der Waals surface area contributed by atoms with Crippen LogP contribution in [0.4, 0.5) is 0 Å². The Morgan fingerprint density at radius 3 is 2.14 bits per heavy atom. The average Bonchev–Trinajstić information content (AvgIpc) is 2.68. The quantitative estimate of drug-likeness (QED) is 0.659. The molecular weight excluding hydrogens is 364 g/mol. The molecule has 2 N–H and O–H groups in total. The number of carboxylic acids is 1. The lowest BCUT2D eigenvalue weighted by atomic mass is 9.74. The minimum atomic E-state index is -0.927. The topological polar surface area (TPSA) is 83.3 Å². The summed E-state index contributed by atoms with van der Waals surface area (Å²) in [5.41, 5.74) is 2.80.